The molecule has 0 radical (unpaired) electrons. The van der Waals surface area contributed by atoms with E-state index in [0.717, 1.165) is 44.1 Å². The molecule has 4 rings (SSSR count). The van der Waals surface area contributed by atoms with Crippen molar-refractivity contribution in [3.8, 4) is 0 Å². The molecule has 3 heterocycles. The van der Waals surface area contributed by atoms with E-state index in [0.29, 0.717) is 12.5 Å². The van der Waals surface area contributed by atoms with E-state index in [-0.39, 0.29) is 17.9 Å². The van der Waals surface area contributed by atoms with Gasteiger partial charge in [0.15, 0.2) is 0 Å². The van der Waals surface area contributed by atoms with Crippen molar-refractivity contribution in [2.24, 2.45) is 17.8 Å². The molecular weight excluding hydrogens is 302 g/mol. The fourth-order valence-electron chi connectivity index (χ4n) is 4.35. The van der Waals surface area contributed by atoms with Gasteiger partial charge < -0.3 is 10.1 Å². The van der Waals surface area contributed by atoms with Crippen LogP contribution in [0.3, 0.4) is 0 Å². The number of pyridine rings is 1. The van der Waals surface area contributed by atoms with Crippen LogP contribution in [-0.4, -0.2) is 48.1 Å². The Morgan fingerprint density at radius 3 is 3.00 bits per heavy atom. The van der Waals surface area contributed by atoms with Crippen molar-refractivity contribution < 1.29 is 9.53 Å². The maximum atomic E-state index is 12.8. The van der Waals surface area contributed by atoms with Crippen molar-refractivity contribution in [2.75, 3.05) is 26.2 Å². The minimum Gasteiger partial charge on any atom is -0.377 e. The third-order valence-electron chi connectivity index (χ3n) is 5.94. The number of ether oxygens (including phenoxy) is 1. The lowest BCUT2D eigenvalue weighted by atomic mass is 9.80. The first-order valence-corrected chi connectivity index (χ1v) is 9.30. The van der Waals surface area contributed by atoms with Crippen LogP contribution in [0.5, 0.6) is 0 Å². The number of likely N-dealkylation sites (tertiary alicyclic amines) is 1. The Bertz CT molecular complexity index is 561. The first-order chi connectivity index (χ1) is 11.8. The van der Waals surface area contributed by atoms with E-state index in [1.165, 1.54) is 19.3 Å². The summed E-state index contributed by atoms with van der Waals surface area (Å²) in [6, 6.07) is 3.90. The predicted octanol–water partition coefficient (Wildman–Crippen LogP) is 1.83. The maximum absolute atomic E-state index is 12.8. The van der Waals surface area contributed by atoms with Gasteiger partial charge in [-0.1, -0.05) is 12.5 Å². The Labute approximate surface area is 143 Å². The quantitative estimate of drug-likeness (QED) is 0.895. The van der Waals surface area contributed by atoms with Crippen LogP contribution in [0.1, 0.15) is 31.2 Å². The number of rotatable bonds is 5. The minimum atomic E-state index is 0.0583. The molecule has 0 unspecified atom stereocenters. The Balaban J connectivity index is 1.37. The summed E-state index contributed by atoms with van der Waals surface area (Å²) in [7, 11) is 0. The first-order valence-electron chi connectivity index (χ1n) is 9.30. The molecule has 0 spiro atoms. The Morgan fingerprint density at radius 2 is 2.25 bits per heavy atom. The van der Waals surface area contributed by atoms with Crippen LogP contribution in [0, 0.1) is 17.8 Å². The van der Waals surface area contributed by atoms with Gasteiger partial charge >= 0.3 is 0 Å². The molecule has 3 aliphatic rings. The Morgan fingerprint density at radius 1 is 1.33 bits per heavy atom. The fraction of sp³-hybridized carbons (Fsp3) is 0.684. The van der Waals surface area contributed by atoms with E-state index in [1.54, 1.807) is 6.20 Å². The summed E-state index contributed by atoms with van der Waals surface area (Å²) < 4.78 is 5.93. The number of carbonyl (C=O) groups is 1. The van der Waals surface area contributed by atoms with Crippen LogP contribution in [0.4, 0.5) is 0 Å². The van der Waals surface area contributed by atoms with E-state index in [1.807, 2.05) is 18.3 Å². The highest BCUT2D eigenvalue weighted by Crippen LogP contribution is 2.36. The number of aromatic nitrogens is 1. The smallest absolute Gasteiger partial charge is 0.225 e. The molecule has 1 saturated carbocycles. The van der Waals surface area contributed by atoms with Gasteiger partial charge in [-0.2, -0.15) is 0 Å². The molecule has 0 aromatic carbocycles. The molecule has 24 heavy (non-hydrogen) atoms. The lowest BCUT2D eigenvalue weighted by Crippen LogP contribution is -2.53. The normalized spacial score (nSPS) is 30.6. The SMILES string of the molecule is O=C(NCc1cccnc1)[C@@H]1CN(CC2CCC2)C[C@H]2OCC[C@H]21. The van der Waals surface area contributed by atoms with Gasteiger partial charge in [0.05, 0.1) is 12.0 Å². The van der Waals surface area contributed by atoms with Gasteiger partial charge in [0.25, 0.3) is 0 Å². The molecule has 2 saturated heterocycles. The number of amides is 1. The third-order valence-corrected chi connectivity index (χ3v) is 5.94. The zero-order valence-electron chi connectivity index (χ0n) is 14.2. The van der Waals surface area contributed by atoms with Gasteiger partial charge in [0.1, 0.15) is 0 Å². The molecule has 3 atom stereocenters. The number of piperidine rings is 1. The Kier molecular flexibility index (Phi) is 4.81. The monoisotopic (exact) mass is 329 g/mol. The Hall–Kier alpha value is -1.46. The molecule has 2 aliphatic heterocycles. The van der Waals surface area contributed by atoms with E-state index >= 15 is 0 Å². The lowest BCUT2D eigenvalue weighted by molar-refractivity contribution is -0.131. The molecule has 1 N–H and O–H groups in total. The van der Waals surface area contributed by atoms with Crippen LogP contribution < -0.4 is 5.32 Å². The average molecular weight is 329 g/mol. The summed E-state index contributed by atoms with van der Waals surface area (Å²) in [5.41, 5.74) is 1.05. The van der Waals surface area contributed by atoms with E-state index in [4.69, 9.17) is 4.74 Å². The van der Waals surface area contributed by atoms with Crippen molar-refractivity contribution >= 4 is 5.91 Å². The molecule has 130 valence electrons. The number of nitrogens with zero attached hydrogens (tertiary/aromatic N) is 2. The van der Waals surface area contributed by atoms with Gasteiger partial charge in [0, 0.05) is 51.1 Å². The molecule has 1 amide bonds. The van der Waals surface area contributed by atoms with Gasteiger partial charge in [-0.05, 0) is 36.8 Å². The zero-order valence-corrected chi connectivity index (χ0v) is 14.2. The van der Waals surface area contributed by atoms with E-state index in [2.05, 4.69) is 15.2 Å². The molecule has 1 aromatic rings. The maximum Gasteiger partial charge on any atom is 0.225 e. The number of nitrogens with one attached hydrogen (secondary N) is 1. The molecule has 0 bridgehead atoms. The van der Waals surface area contributed by atoms with Crippen LogP contribution in [0.2, 0.25) is 0 Å². The summed E-state index contributed by atoms with van der Waals surface area (Å²) in [6.45, 7) is 4.40. The number of hydrogen-bond acceptors (Lipinski definition) is 4. The molecule has 5 heteroatoms. The molecule has 1 aliphatic carbocycles. The fourth-order valence-corrected chi connectivity index (χ4v) is 4.35. The second-order valence-corrected chi connectivity index (χ2v) is 7.56. The molecule has 1 aromatic heterocycles. The summed E-state index contributed by atoms with van der Waals surface area (Å²) in [6.07, 6.45) is 8.90. The van der Waals surface area contributed by atoms with E-state index in [9.17, 15) is 4.79 Å². The summed E-state index contributed by atoms with van der Waals surface area (Å²) in [4.78, 5) is 19.4. The number of fused-ring (bicyclic) bond motifs is 1. The van der Waals surface area contributed by atoms with Crippen molar-refractivity contribution in [3.63, 3.8) is 0 Å². The minimum absolute atomic E-state index is 0.0583. The number of hydrogen-bond donors (Lipinski definition) is 1. The summed E-state index contributed by atoms with van der Waals surface area (Å²) >= 11 is 0. The molecule has 3 fully saturated rings. The largest absolute Gasteiger partial charge is 0.377 e. The van der Waals surface area contributed by atoms with Gasteiger partial charge in [-0.3, -0.25) is 14.7 Å². The molecule has 5 nitrogen and oxygen atoms in total. The van der Waals surface area contributed by atoms with Crippen molar-refractivity contribution in [2.45, 2.75) is 38.3 Å². The highest BCUT2D eigenvalue weighted by atomic mass is 16.5. The van der Waals surface area contributed by atoms with E-state index < -0.39 is 0 Å². The van der Waals surface area contributed by atoms with Crippen LogP contribution in [0.25, 0.3) is 0 Å². The van der Waals surface area contributed by atoms with Crippen molar-refractivity contribution in [1.82, 2.24) is 15.2 Å². The highest BCUT2D eigenvalue weighted by Gasteiger charge is 2.44. The highest BCUT2D eigenvalue weighted by molar-refractivity contribution is 5.79. The van der Waals surface area contributed by atoms with Gasteiger partial charge in [-0.15, -0.1) is 0 Å². The lowest BCUT2D eigenvalue weighted by Gasteiger charge is -2.42. The zero-order chi connectivity index (χ0) is 16.4. The van der Waals surface area contributed by atoms with Gasteiger partial charge in [0.2, 0.25) is 5.91 Å². The number of carbonyl (C=O) groups excluding carboxylic acids is 1. The average Bonchev–Trinajstić information content (AvgIpc) is 3.04. The first kappa shape index (κ1) is 16.0. The van der Waals surface area contributed by atoms with Crippen LogP contribution in [-0.2, 0) is 16.1 Å². The standard InChI is InChI=1S/C19H27N3O2/c23-19(21-10-15-5-2-7-20-9-15)17-12-22(11-14-3-1-4-14)13-18-16(17)6-8-24-18/h2,5,7,9,14,16-18H,1,3-4,6,8,10-13H2,(H,21,23)/t16-,17+,18+/m0/s1. The second-order valence-electron chi connectivity index (χ2n) is 7.56. The third kappa shape index (κ3) is 3.47. The second kappa shape index (κ2) is 7.19. The van der Waals surface area contributed by atoms with Crippen molar-refractivity contribution in [1.29, 1.82) is 0 Å². The van der Waals surface area contributed by atoms with Gasteiger partial charge in [-0.25, -0.2) is 0 Å². The topological polar surface area (TPSA) is 54.5 Å². The van der Waals surface area contributed by atoms with Crippen molar-refractivity contribution in [3.05, 3.63) is 30.1 Å². The molecular formula is C19H27N3O2. The van der Waals surface area contributed by atoms with Crippen LogP contribution >= 0.6 is 0 Å². The predicted molar refractivity (Wildman–Crippen MR) is 91.2 cm³/mol. The summed E-state index contributed by atoms with van der Waals surface area (Å²) in [5, 5.41) is 3.12. The van der Waals surface area contributed by atoms with Crippen LogP contribution in [0.15, 0.2) is 24.5 Å². The summed E-state index contributed by atoms with van der Waals surface area (Å²) in [5.74, 6) is 1.46.